The SMILES string of the molecule is CC(C)=CCCC(C)=CCCC(C)=CC(O)CO[P+](=O)OCC(O)C=C(C)CCC=C(C)CCC=C(C)C. The number of allylic oxidation sites excluding steroid dienone is 10. The Bertz CT molecular complexity index is 798. The molecular formula is C32H54O5P+. The van der Waals surface area contributed by atoms with Crippen molar-refractivity contribution in [1.82, 2.24) is 0 Å². The van der Waals surface area contributed by atoms with Crippen LogP contribution in [0.3, 0.4) is 0 Å². The van der Waals surface area contributed by atoms with Crippen molar-refractivity contribution in [3.05, 3.63) is 69.9 Å². The van der Waals surface area contributed by atoms with Crippen molar-refractivity contribution in [3.63, 3.8) is 0 Å². The summed E-state index contributed by atoms with van der Waals surface area (Å²) in [7, 11) is -2.41. The molecule has 38 heavy (non-hydrogen) atoms. The van der Waals surface area contributed by atoms with Crippen LogP contribution in [0.2, 0.25) is 0 Å². The van der Waals surface area contributed by atoms with E-state index in [0.29, 0.717) is 0 Å². The molecule has 2 atom stereocenters. The average Bonchev–Trinajstić information content (AvgIpc) is 2.80. The molecule has 0 amide bonds. The number of aliphatic hydroxyl groups is 2. The standard InChI is InChI=1S/C32H54O5P/c1-25(2)13-9-15-27(5)17-11-19-29(7)21-31(33)23-36-38(35)37-24-32(34)22-30(8)20-12-18-28(6)16-10-14-26(3)4/h13-14,17-18,21-22,31-34H,9-12,15-16,19-20,23-24H2,1-8H3/q+1. The summed E-state index contributed by atoms with van der Waals surface area (Å²) in [6.45, 7) is 16.5. The number of rotatable bonds is 20. The van der Waals surface area contributed by atoms with Gasteiger partial charge in [0.05, 0.1) is 0 Å². The van der Waals surface area contributed by atoms with Gasteiger partial charge in [0.2, 0.25) is 0 Å². The van der Waals surface area contributed by atoms with Crippen molar-refractivity contribution in [1.29, 1.82) is 0 Å². The van der Waals surface area contributed by atoms with Gasteiger partial charge in [0.15, 0.2) is 0 Å². The second-order valence-corrected chi connectivity index (χ2v) is 11.8. The van der Waals surface area contributed by atoms with E-state index >= 15 is 0 Å². The lowest BCUT2D eigenvalue weighted by Gasteiger charge is -2.06. The maximum Gasteiger partial charge on any atom is 0.697 e. The van der Waals surface area contributed by atoms with E-state index in [0.717, 1.165) is 62.5 Å². The molecule has 0 spiro atoms. The van der Waals surface area contributed by atoms with E-state index in [9.17, 15) is 14.8 Å². The predicted octanol–water partition coefficient (Wildman–Crippen LogP) is 9.24. The van der Waals surface area contributed by atoms with E-state index in [-0.39, 0.29) is 13.2 Å². The molecule has 0 rings (SSSR count). The maximum absolute atomic E-state index is 12.0. The van der Waals surface area contributed by atoms with Crippen molar-refractivity contribution < 1.29 is 23.8 Å². The first kappa shape index (κ1) is 36.4. The molecule has 2 N–H and O–H groups in total. The molecule has 0 heterocycles. The largest absolute Gasteiger partial charge is 0.697 e. The van der Waals surface area contributed by atoms with Gasteiger partial charge < -0.3 is 10.2 Å². The lowest BCUT2D eigenvalue weighted by molar-refractivity contribution is 0.107. The first-order valence-corrected chi connectivity index (χ1v) is 15.0. The summed E-state index contributed by atoms with van der Waals surface area (Å²) in [5.41, 5.74) is 7.55. The zero-order chi connectivity index (χ0) is 28.9. The summed E-state index contributed by atoms with van der Waals surface area (Å²) in [6, 6.07) is 0. The van der Waals surface area contributed by atoms with Crippen LogP contribution < -0.4 is 0 Å². The molecule has 0 aromatic heterocycles. The molecule has 0 aliphatic heterocycles. The monoisotopic (exact) mass is 549 g/mol. The summed E-state index contributed by atoms with van der Waals surface area (Å²) in [5, 5.41) is 20.3. The highest BCUT2D eigenvalue weighted by molar-refractivity contribution is 7.33. The number of hydrogen-bond donors (Lipinski definition) is 2. The van der Waals surface area contributed by atoms with Gasteiger partial charge in [-0.3, -0.25) is 0 Å². The Morgan fingerprint density at radius 3 is 1.24 bits per heavy atom. The maximum atomic E-state index is 12.0. The van der Waals surface area contributed by atoms with Gasteiger partial charge in [-0.1, -0.05) is 69.9 Å². The van der Waals surface area contributed by atoms with Crippen molar-refractivity contribution in [2.75, 3.05) is 13.2 Å². The summed E-state index contributed by atoms with van der Waals surface area (Å²) in [6.07, 6.45) is 18.6. The third-order valence-corrected chi connectivity index (χ3v) is 6.62. The average molecular weight is 550 g/mol. The van der Waals surface area contributed by atoms with Gasteiger partial charge in [0.1, 0.15) is 25.4 Å². The van der Waals surface area contributed by atoms with Crippen LogP contribution >= 0.6 is 8.25 Å². The first-order valence-electron chi connectivity index (χ1n) is 13.9. The van der Waals surface area contributed by atoms with Crippen LogP contribution in [-0.4, -0.2) is 35.6 Å². The Morgan fingerprint density at radius 2 is 0.895 bits per heavy atom. The van der Waals surface area contributed by atoms with E-state index in [1.165, 1.54) is 22.3 Å². The zero-order valence-electron chi connectivity index (χ0n) is 25.3. The molecular weight excluding hydrogens is 495 g/mol. The Hall–Kier alpha value is -1.62. The van der Waals surface area contributed by atoms with E-state index in [1.54, 1.807) is 12.2 Å². The fourth-order valence-electron chi connectivity index (χ4n) is 3.71. The lowest BCUT2D eigenvalue weighted by atomic mass is 10.1. The van der Waals surface area contributed by atoms with Crippen LogP contribution in [0.1, 0.15) is 107 Å². The van der Waals surface area contributed by atoms with E-state index in [1.807, 2.05) is 13.8 Å². The normalized spacial score (nSPS) is 15.3. The van der Waals surface area contributed by atoms with Crippen molar-refractivity contribution in [3.8, 4) is 0 Å². The van der Waals surface area contributed by atoms with Gasteiger partial charge >= 0.3 is 8.25 Å². The molecule has 6 heteroatoms. The Morgan fingerprint density at radius 1 is 0.579 bits per heavy atom. The van der Waals surface area contributed by atoms with Crippen LogP contribution in [0.4, 0.5) is 0 Å². The number of aliphatic hydroxyl groups excluding tert-OH is 2. The van der Waals surface area contributed by atoms with E-state index in [4.69, 9.17) is 9.05 Å². The Kier molecular flexibility index (Phi) is 21.3. The summed E-state index contributed by atoms with van der Waals surface area (Å²) in [5.74, 6) is 0. The van der Waals surface area contributed by atoms with Crippen LogP contribution in [-0.2, 0) is 13.6 Å². The van der Waals surface area contributed by atoms with Crippen molar-refractivity contribution in [2.24, 2.45) is 0 Å². The minimum Gasteiger partial charge on any atom is -0.386 e. The number of hydrogen-bond acceptors (Lipinski definition) is 5. The smallest absolute Gasteiger partial charge is 0.386 e. The van der Waals surface area contributed by atoms with Crippen molar-refractivity contribution in [2.45, 2.75) is 119 Å². The molecule has 5 nitrogen and oxygen atoms in total. The highest BCUT2D eigenvalue weighted by Gasteiger charge is 2.23. The summed E-state index contributed by atoms with van der Waals surface area (Å²) < 4.78 is 22.3. The van der Waals surface area contributed by atoms with Gasteiger partial charge in [0, 0.05) is 4.57 Å². The molecule has 0 saturated carbocycles. The van der Waals surface area contributed by atoms with E-state index in [2.05, 4.69) is 65.8 Å². The molecule has 0 aromatic carbocycles. The topological polar surface area (TPSA) is 76.0 Å². The van der Waals surface area contributed by atoms with Gasteiger partial charge in [-0.25, -0.2) is 0 Å². The third-order valence-electron chi connectivity index (χ3n) is 5.90. The van der Waals surface area contributed by atoms with Crippen LogP contribution in [0.25, 0.3) is 0 Å². The first-order chi connectivity index (χ1) is 17.9. The zero-order valence-corrected chi connectivity index (χ0v) is 26.2. The van der Waals surface area contributed by atoms with Crippen molar-refractivity contribution >= 4 is 8.25 Å². The molecule has 0 bridgehead atoms. The second kappa shape index (κ2) is 22.2. The minimum absolute atomic E-state index is 0.117. The molecule has 216 valence electrons. The predicted molar refractivity (Wildman–Crippen MR) is 162 cm³/mol. The molecule has 0 aliphatic carbocycles. The third kappa shape index (κ3) is 23.5. The summed E-state index contributed by atoms with van der Waals surface area (Å²) in [4.78, 5) is 0. The van der Waals surface area contributed by atoms with Crippen LogP contribution in [0.5, 0.6) is 0 Å². The van der Waals surface area contributed by atoms with E-state index < -0.39 is 20.5 Å². The van der Waals surface area contributed by atoms with Gasteiger partial charge in [-0.2, -0.15) is 0 Å². The molecule has 2 unspecified atom stereocenters. The lowest BCUT2D eigenvalue weighted by Crippen LogP contribution is -2.13. The summed E-state index contributed by atoms with van der Waals surface area (Å²) >= 11 is 0. The quantitative estimate of drug-likeness (QED) is 0.117. The van der Waals surface area contributed by atoms with Gasteiger partial charge in [-0.15, -0.1) is 9.05 Å². The fraction of sp³-hybridized carbons (Fsp3) is 0.625. The molecule has 0 aliphatic rings. The van der Waals surface area contributed by atoms with Gasteiger partial charge in [0.25, 0.3) is 0 Å². The Balaban J connectivity index is 4.24. The van der Waals surface area contributed by atoms with Crippen LogP contribution in [0.15, 0.2) is 69.9 Å². The molecule has 0 saturated heterocycles. The van der Waals surface area contributed by atoms with Crippen LogP contribution in [0, 0.1) is 0 Å². The molecule has 0 fully saturated rings. The highest BCUT2D eigenvalue weighted by Crippen LogP contribution is 2.25. The fourth-order valence-corrected chi connectivity index (χ4v) is 4.33. The second-order valence-electron chi connectivity index (χ2n) is 10.8. The minimum atomic E-state index is -2.41. The molecule has 0 aromatic rings. The Labute approximate surface area is 234 Å². The molecule has 0 radical (unpaired) electrons. The van der Waals surface area contributed by atoms with Gasteiger partial charge in [-0.05, 0) is 107 Å². The highest BCUT2D eigenvalue weighted by atomic mass is 31.1.